The highest BCUT2D eigenvalue weighted by Gasteiger charge is 2.30. The molecule has 0 radical (unpaired) electrons. The molecule has 3 rings (SSSR count). The number of halogens is 2. The maximum absolute atomic E-state index is 13.9. The molecule has 2 aromatic rings. The molecular formula is C21H22F2N2O4. The molecule has 0 spiro atoms. The van der Waals surface area contributed by atoms with Crippen LogP contribution in [0.4, 0.5) is 14.5 Å². The number of carbonyl (C=O) groups is 2. The number of benzene rings is 2. The Hall–Kier alpha value is -3.16. The number of hydrogen-bond donors (Lipinski definition) is 1. The second-order valence-corrected chi connectivity index (χ2v) is 7.32. The number of anilines is 1. The Labute approximate surface area is 167 Å². The highest BCUT2D eigenvalue weighted by Crippen LogP contribution is 2.26. The molecule has 1 saturated heterocycles. The predicted molar refractivity (Wildman–Crippen MR) is 103 cm³/mol. The van der Waals surface area contributed by atoms with E-state index in [4.69, 9.17) is 4.74 Å². The molecule has 29 heavy (non-hydrogen) atoms. The van der Waals surface area contributed by atoms with Crippen LogP contribution in [-0.4, -0.2) is 53.7 Å². The van der Waals surface area contributed by atoms with Crippen LogP contribution in [0.3, 0.4) is 0 Å². The van der Waals surface area contributed by atoms with Gasteiger partial charge in [0.25, 0.3) is 5.91 Å². The zero-order valence-electron chi connectivity index (χ0n) is 16.2. The number of carboxylic acids is 1. The van der Waals surface area contributed by atoms with Gasteiger partial charge in [0.2, 0.25) is 0 Å². The van der Waals surface area contributed by atoms with Crippen molar-refractivity contribution in [2.45, 2.75) is 19.4 Å². The van der Waals surface area contributed by atoms with Crippen LogP contribution in [0.5, 0.6) is 5.75 Å². The third-order valence-corrected chi connectivity index (χ3v) is 4.80. The van der Waals surface area contributed by atoms with Crippen molar-refractivity contribution in [2.24, 2.45) is 0 Å². The third kappa shape index (κ3) is 4.64. The maximum atomic E-state index is 13.9. The van der Waals surface area contributed by atoms with Crippen molar-refractivity contribution in [2.75, 3.05) is 31.1 Å². The Morgan fingerprint density at radius 3 is 2.34 bits per heavy atom. The highest BCUT2D eigenvalue weighted by molar-refractivity contribution is 5.94. The van der Waals surface area contributed by atoms with E-state index >= 15 is 0 Å². The quantitative estimate of drug-likeness (QED) is 0.829. The van der Waals surface area contributed by atoms with Crippen LogP contribution >= 0.6 is 0 Å². The fourth-order valence-electron chi connectivity index (χ4n) is 3.08. The van der Waals surface area contributed by atoms with Crippen LogP contribution in [0.1, 0.15) is 24.2 Å². The van der Waals surface area contributed by atoms with Crippen molar-refractivity contribution in [3.63, 3.8) is 0 Å². The summed E-state index contributed by atoms with van der Waals surface area (Å²) in [6.45, 7) is 4.73. The molecule has 1 aliphatic rings. The van der Waals surface area contributed by atoms with Gasteiger partial charge in [0.1, 0.15) is 17.4 Å². The van der Waals surface area contributed by atoms with Crippen LogP contribution in [0.25, 0.3) is 0 Å². The highest BCUT2D eigenvalue weighted by atomic mass is 19.1. The third-order valence-electron chi connectivity index (χ3n) is 4.80. The van der Waals surface area contributed by atoms with Crippen LogP contribution in [0.2, 0.25) is 0 Å². The zero-order chi connectivity index (χ0) is 21.2. The Kier molecular flexibility index (Phi) is 5.72. The van der Waals surface area contributed by atoms with Crippen molar-refractivity contribution in [3.8, 4) is 5.75 Å². The standard InChI is InChI=1S/C21H22F2N2O4/c1-21(2,20(27)28)29-16-5-3-4-15(13-16)24-8-10-25(11-9-24)19(26)17-7-6-14(22)12-18(17)23/h3-7,12-13H,8-11H2,1-2H3,(H,27,28). The number of aliphatic carboxylic acids is 1. The number of carbonyl (C=O) groups excluding carboxylic acids is 1. The number of hydrogen-bond acceptors (Lipinski definition) is 4. The van der Waals surface area contributed by atoms with E-state index in [0.717, 1.165) is 17.8 Å². The fourth-order valence-corrected chi connectivity index (χ4v) is 3.08. The predicted octanol–water partition coefficient (Wildman–Crippen LogP) is 3.17. The zero-order valence-corrected chi connectivity index (χ0v) is 16.2. The van der Waals surface area contributed by atoms with E-state index in [-0.39, 0.29) is 5.56 Å². The average molecular weight is 404 g/mol. The molecule has 1 fully saturated rings. The van der Waals surface area contributed by atoms with E-state index in [2.05, 4.69) is 0 Å². The Morgan fingerprint density at radius 1 is 1.03 bits per heavy atom. The monoisotopic (exact) mass is 404 g/mol. The summed E-state index contributed by atoms with van der Waals surface area (Å²) < 4.78 is 32.5. The van der Waals surface area contributed by atoms with Crippen molar-refractivity contribution < 1.29 is 28.2 Å². The lowest BCUT2D eigenvalue weighted by Crippen LogP contribution is -2.49. The van der Waals surface area contributed by atoms with Crippen molar-refractivity contribution in [1.29, 1.82) is 0 Å². The largest absolute Gasteiger partial charge is 0.478 e. The Balaban J connectivity index is 1.66. The lowest BCUT2D eigenvalue weighted by atomic mass is 10.1. The molecule has 0 aliphatic carbocycles. The molecule has 0 bridgehead atoms. The first-order valence-electron chi connectivity index (χ1n) is 9.19. The van der Waals surface area contributed by atoms with E-state index in [1.54, 1.807) is 18.2 Å². The smallest absolute Gasteiger partial charge is 0.347 e. The topological polar surface area (TPSA) is 70.1 Å². The van der Waals surface area contributed by atoms with E-state index in [9.17, 15) is 23.5 Å². The number of piperazine rings is 1. The molecule has 1 N–H and O–H groups in total. The van der Waals surface area contributed by atoms with Gasteiger partial charge in [0.15, 0.2) is 5.60 Å². The van der Waals surface area contributed by atoms with E-state index in [1.165, 1.54) is 18.7 Å². The molecule has 6 nitrogen and oxygen atoms in total. The molecule has 0 atom stereocenters. The Morgan fingerprint density at radius 2 is 1.72 bits per heavy atom. The van der Waals surface area contributed by atoms with E-state index in [0.29, 0.717) is 38.0 Å². The van der Waals surface area contributed by atoms with Crippen molar-refractivity contribution in [1.82, 2.24) is 4.90 Å². The average Bonchev–Trinajstić information content (AvgIpc) is 2.67. The summed E-state index contributed by atoms with van der Waals surface area (Å²) in [6.07, 6.45) is 0. The molecule has 1 amide bonds. The molecular weight excluding hydrogens is 382 g/mol. The van der Waals surface area contributed by atoms with Crippen LogP contribution < -0.4 is 9.64 Å². The van der Waals surface area contributed by atoms with Gasteiger partial charge in [-0.1, -0.05) is 6.07 Å². The lowest BCUT2D eigenvalue weighted by Gasteiger charge is -2.36. The molecule has 2 aromatic carbocycles. The summed E-state index contributed by atoms with van der Waals surface area (Å²) in [5.74, 6) is -2.70. The summed E-state index contributed by atoms with van der Waals surface area (Å²) in [6, 6.07) is 10.0. The van der Waals surface area contributed by atoms with Gasteiger partial charge in [-0.3, -0.25) is 4.79 Å². The second kappa shape index (κ2) is 8.06. The first-order valence-corrected chi connectivity index (χ1v) is 9.19. The minimum atomic E-state index is -1.36. The van der Waals surface area contributed by atoms with Gasteiger partial charge in [0, 0.05) is 44.0 Å². The lowest BCUT2D eigenvalue weighted by molar-refractivity contribution is -0.152. The SMILES string of the molecule is CC(C)(Oc1cccc(N2CCN(C(=O)c3ccc(F)cc3F)CC2)c1)C(=O)O. The molecule has 0 aromatic heterocycles. The minimum Gasteiger partial charge on any atom is -0.478 e. The number of carboxylic acid groups (broad SMARTS) is 1. The summed E-state index contributed by atoms with van der Waals surface area (Å²) in [5, 5.41) is 9.21. The van der Waals surface area contributed by atoms with Gasteiger partial charge in [0.05, 0.1) is 5.56 Å². The van der Waals surface area contributed by atoms with Gasteiger partial charge < -0.3 is 19.6 Å². The van der Waals surface area contributed by atoms with Crippen LogP contribution in [0.15, 0.2) is 42.5 Å². The Bertz CT molecular complexity index is 925. The van der Waals surface area contributed by atoms with E-state index in [1.807, 2.05) is 11.0 Å². The fraction of sp³-hybridized carbons (Fsp3) is 0.333. The number of rotatable bonds is 5. The second-order valence-electron chi connectivity index (χ2n) is 7.32. The first-order chi connectivity index (χ1) is 13.7. The van der Waals surface area contributed by atoms with Gasteiger partial charge in [-0.25, -0.2) is 13.6 Å². The normalized spacial score (nSPS) is 14.6. The summed E-state index contributed by atoms with van der Waals surface area (Å²) in [4.78, 5) is 27.3. The molecule has 0 saturated carbocycles. The first kappa shape index (κ1) is 20.6. The molecule has 8 heteroatoms. The van der Waals surface area contributed by atoms with Crippen molar-refractivity contribution >= 4 is 17.6 Å². The van der Waals surface area contributed by atoms with Gasteiger partial charge >= 0.3 is 5.97 Å². The summed E-state index contributed by atoms with van der Waals surface area (Å²) in [7, 11) is 0. The molecule has 0 unspecified atom stereocenters. The van der Waals surface area contributed by atoms with E-state index < -0.39 is 29.1 Å². The molecule has 1 heterocycles. The van der Waals surface area contributed by atoms with Gasteiger partial charge in [-0.05, 0) is 38.1 Å². The molecule has 1 aliphatic heterocycles. The molecule has 154 valence electrons. The van der Waals surface area contributed by atoms with Gasteiger partial charge in [-0.2, -0.15) is 0 Å². The van der Waals surface area contributed by atoms with Crippen LogP contribution in [-0.2, 0) is 4.79 Å². The number of nitrogens with zero attached hydrogens (tertiary/aromatic N) is 2. The summed E-state index contributed by atoms with van der Waals surface area (Å²) >= 11 is 0. The number of amides is 1. The maximum Gasteiger partial charge on any atom is 0.347 e. The van der Waals surface area contributed by atoms with Crippen LogP contribution in [0, 0.1) is 11.6 Å². The van der Waals surface area contributed by atoms with Crippen molar-refractivity contribution in [3.05, 3.63) is 59.7 Å². The van der Waals surface area contributed by atoms with Gasteiger partial charge in [-0.15, -0.1) is 0 Å². The number of ether oxygens (including phenoxy) is 1. The summed E-state index contributed by atoms with van der Waals surface area (Å²) in [5.41, 5.74) is -0.668. The minimum absolute atomic E-state index is 0.147.